The first-order chi connectivity index (χ1) is 38.3. The number of hydrogen-bond donors (Lipinski definition) is 6. The summed E-state index contributed by atoms with van der Waals surface area (Å²) in [5.41, 5.74) is 0. The standard InChI is InChI=1S/C69H123NO8/c1-3-5-7-9-11-13-15-17-19-21-23-25-27-29-31-32-33-35-37-39-41-43-45-47-49-51-53-55-57-59-65(73)70-62(61-77-69-68(76)67(75)66(74)64(60-71)78-69)63(72)58-56-54-52-50-48-46-44-42-40-38-36-34-30-28-26-24-22-20-18-16-14-12-10-8-6-4-2/h5,7,11,13,17,19,23,25,40,42,48,50,56,58,62-64,66-69,71-72,74-76H,3-4,6,8-10,12,14-16,18,20-22,24,26-39,41,43-47,49,51-55,57,59-61H2,1-2H3,(H,70,73)/b7-5-,13-11-,19-17-,25-23-,42-40+,50-48+,58-56+. The Morgan fingerprint density at radius 3 is 1.23 bits per heavy atom. The van der Waals surface area contributed by atoms with Gasteiger partial charge in [-0.2, -0.15) is 0 Å². The predicted molar refractivity (Wildman–Crippen MR) is 332 cm³/mol. The van der Waals surface area contributed by atoms with Crippen molar-refractivity contribution < 1.29 is 39.8 Å². The number of ether oxygens (including phenoxy) is 2. The Morgan fingerprint density at radius 1 is 0.449 bits per heavy atom. The third-order valence-electron chi connectivity index (χ3n) is 15.2. The largest absolute Gasteiger partial charge is 0.394 e. The summed E-state index contributed by atoms with van der Waals surface area (Å²) < 4.78 is 11.3. The minimum atomic E-state index is -1.58. The molecule has 452 valence electrons. The van der Waals surface area contributed by atoms with Crippen molar-refractivity contribution in [2.75, 3.05) is 13.2 Å². The fourth-order valence-electron chi connectivity index (χ4n) is 10.1. The number of aliphatic hydroxyl groups excluding tert-OH is 5. The van der Waals surface area contributed by atoms with Crippen molar-refractivity contribution in [1.82, 2.24) is 5.32 Å². The number of allylic oxidation sites excluding steroid dienone is 13. The van der Waals surface area contributed by atoms with Crippen molar-refractivity contribution in [3.63, 3.8) is 0 Å². The van der Waals surface area contributed by atoms with Crippen LogP contribution in [0.15, 0.2) is 85.1 Å². The van der Waals surface area contributed by atoms with Gasteiger partial charge in [-0.1, -0.05) is 285 Å². The van der Waals surface area contributed by atoms with Gasteiger partial charge in [0.05, 0.1) is 25.4 Å². The van der Waals surface area contributed by atoms with Crippen LogP contribution in [0.25, 0.3) is 0 Å². The minimum absolute atomic E-state index is 0.190. The lowest BCUT2D eigenvalue weighted by Gasteiger charge is -2.40. The van der Waals surface area contributed by atoms with Crippen LogP contribution in [0.4, 0.5) is 0 Å². The van der Waals surface area contributed by atoms with Gasteiger partial charge >= 0.3 is 0 Å². The highest BCUT2D eigenvalue weighted by Gasteiger charge is 2.44. The van der Waals surface area contributed by atoms with Crippen molar-refractivity contribution in [2.24, 2.45) is 0 Å². The van der Waals surface area contributed by atoms with Crippen LogP contribution in [0, 0.1) is 0 Å². The van der Waals surface area contributed by atoms with E-state index in [9.17, 15) is 30.3 Å². The highest BCUT2D eigenvalue weighted by molar-refractivity contribution is 5.76. The summed E-state index contributed by atoms with van der Waals surface area (Å²) in [5.74, 6) is -0.190. The van der Waals surface area contributed by atoms with Crippen LogP contribution in [0.1, 0.15) is 290 Å². The highest BCUT2D eigenvalue weighted by Crippen LogP contribution is 2.23. The second kappa shape index (κ2) is 57.6. The predicted octanol–water partition coefficient (Wildman–Crippen LogP) is 17.4. The zero-order chi connectivity index (χ0) is 56.5. The van der Waals surface area contributed by atoms with Gasteiger partial charge in [0, 0.05) is 6.42 Å². The summed E-state index contributed by atoms with van der Waals surface area (Å²) in [6, 6.07) is -0.833. The Balaban J connectivity index is 2.20. The summed E-state index contributed by atoms with van der Waals surface area (Å²) in [4.78, 5) is 13.1. The number of aliphatic hydroxyl groups is 5. The molecular weight excluding hydrogens is 971 g/mol. The van der Waals surface area contributed by atoms with Crippen molar-refractivity contribution >= 4 is 5.91 Å². The van der Waals surface area contributed by atoms with E-state index < -0.39 is 49.5 Å². The Hall–Kier alpha value is -2.63. The van der Waals surface area contributed by atoms with Gasteiger partial charge in [-0.3, -0.25) is 4.79 Å². The molecule has 1 aliphatic heterocycles. The first-order valence-electron chi connectivity index (χ1n) is 32.8. The molecule has 0 bridgehead atoms. The Kier molecular flexibility index (Phi) is 54.2. The van der Waals surface area contributed by atoms with E-state index in [-0.39, 0.29) is 12.5 Å². The molecule has 7 atom stereocenters. The van der Waals surface area contributed by atoms with Gasteiger partial charge in [0.2, 0.25) is 5.91 Å². The number of hydrogen-bond acceptors (Lipinski definition) is 8. The second-order valence-corrected chi connectivity index (χ2v) is 22.5. The zero-order valence-electron chi connectivity index (χ0n) is 50.4. The molecule has 9 nitrogen and oxygen atoms in total. The molecule has 1 fully saturated rings. The summed E-state index contributed by atoms with van der Waals surface area (Å²) in [6.07, 6.45) is 75.3. The summed E-state index contributed by atoms with van der Waals surface area (Å²) in [6.45, 7) is 3.67. The number of nitrogens with one attached hydrogen (secondary N) is 1. The maximum Gasteiger partial charge on any atom is 0.220 e. The first-order valence-corrected chi connectivity index (χ1v) is 32.8. The molecule has 6 N–H and O–H groups in total. The molecule has 7 unspecified atom stereocenters. The number of unbranched alkanes of at least 4 members (excludes halogenated alkanes) is 34. The van der Waals surface area contributed by atoms with Crippen molar-refractivity contribution in [1.29, 1.82) is 0 Å². The highest BCUT2D eigenvalue weighted by atomic mass is 16.7. The number of carbonyl (C=O) groups excluding carboxylic acids is 1. The molecule has 1 amide bonds. The van der Waals surface area contributed by atoms with E-state index in [0.29, 0.717) is 6.42 Å². The topological polar surface area (TPSA) is 149 Å². The number of rotatable bonds is 56. The molecule has 0 aromatic carbocycles. The van der Waals surface area contributed by atoms with E-state index in [1.54, 1.807) is 6.08 Å². The van der Waals surface area contributed by atoms with Crippen molar-refractivity contribution in [3.8, 4) is 0 Å². The average Bonchev–Trinajstić information content (AvgIpc) is 3.45. The molecule has 0 aliphatic carbocycles. The Morgan fingerprint density at radius 2 is 0.808 bits per heavy atom. The Labute approximate surface area is 480 Å². The minimum Gasteiger partial charge on any atom is -0.394 e. The third-order valence-corrected chi connectivity index (χ3v) is 15.2. The molecule has 0 radical (unpaired) electrons. The quantitative estimate of drug-likeness (QED) is 0.0261. The fourth-order valence-corrected chi connectivity index (χ4v) is 10.1. The zero-order valence-corrected chi connectivity index (χ0v) is 50.4. The van der Waals surface area contributed by atoms with Crippen molar-refractivity contribution in [2.45, 2.75) is 333 Å². The van der Waals surface area contributed by atoms with Crippen LogP contribution in [0.5, 0.6) is 0 Å². The van der Waals surface area contributed by atoms with E-state index in [2.05, 4.69) is 92.1 Å². The van der Waals surface area contributed by atoms with Crippen molar-refractivity contribution in [3.05, 3.63) is 85.1 Å². The third kappa shape index (κ3) is 46.0. The molecule has 0 aromatic heterocycles. The first kappa shape index (κ1) is 73.4. The lowest BCUT2D eigenvalue weighted by molar-refractivity contribution is -0.302. The lowest BCUT2D eigenvalue weighted by Crippen LogP contribution is -2.60. The molecule has 1 rings (SSSR count). The second-order valence-electron chi connectivity index (χ2n) is 22.5. The monoisotopic (exact) mass is 1090 g/mol. The Bertz CT molecular complexity index is 1500. The van der Waals surface area contributed by atoms with Crippen LogP contribution >= 0.6 is 0 Å². The van der Waals surface area contributed by atoms with Gasteiger partial charge in [-0.05, 0) is 83.5 Å². The smallest absolute Gasteiger partial charge is 0.220 e. The normalized spacial score (nSPS) is 19.2. The lowest BCUT2D eigenvalue weighted by atomic mass is 9.99. The van der Waals surface area contributed by atoms with Crippen LogP contribution in [-0.2, 0) is 14.3 Å². The van der Waals surface area contributed by atoms with Gasteiger partial charge in [-0.15, -0.1) is 0 Å². The molecule has 9 heteroatoms. The SMILES string of the molecule is CC/C=C\C/C=C\C/C=C\C/C=C\CCCCCCCCCCCCCCCCCCC(=O)NC(COC1OC(CO)C(O)C(O)C1O)C(O)/C=C/CC/C=C/CC/C=C/CCCCCCCCCCCCCCCCCC. The van der Waals surface area contributed by atoms with E-state index in [4.69, 9.17) is 9.47 Å². The van der Waals surface area contributed by atoms with Gasteiger partial charge in [0.25, 0.3) is 0 Å². The van der Waals surface area contributed by atoms with E-state index in [0.717, 1.165) is 70.6 Å². The van der Waals surface area contributed by atoms with E-state index in [1.807, 2.05) is 6.08 Å². The average molecular weight is 1090 g/mol. The summed E-state index contributed by atoms with van der Waals surface area (Å²) in [5, 5.41) is 54.7. The van der Waals surface area contributed by atoms with Crippen LogP contribution < -0.4 is 5.32 Å². The number of amides is 1. The van der Waals surface area contributed by atoms with Gasteiger partial charge in [0.15, 0.2) is 6.29 Å². The van der Waals surface area contributed by atoms with Gasteiger partial charge < -0.3 is 40.3 Å². The van der Waals surface area contributed by atoms with Gasteiger partial charge in [-0.25, -0.2) is 0 Å². The van der Waals surface area contributed by atoms with Crippen LogP contribution in [0.3, 0.4) is 0 Å². The molecule has 1 aliphatic rings. The molecule has 0 spiro atoms. The molecule has 78 heavy (non-hydrogen) atoms. The summed E-state index contributed by atoms with van der Waals surface area (Å²) in [7, 11) is 0. The number of carbonyl (C=O) groups is 1. The summed E-state index contributed by atoms with van der Waals surface area (Å²) >= 11 is 0. The van der Waals surface area contributed by atoms with E-state index in [1.165, 1.54) is 199 Å². The molecular formula is C69H123NO8. The van der Waals surface area contributed by atoms with Crippen LogP contribution in [-0.4, -0.2) is 87.5 Å². The van der Waals surface area contributed by atoms with Gasteiger partial charge in [0.1, 0.15) is 24.4 Å². The molecule has 0 saturated carbocycles. The van der Waals surface area contributed by atoms with E-state index >= 15 is 0 Å². The fraction of sp³-hybridized carbons (Fsp3) is 0.783. The molecule has 1 saturated heterocycles. The molecule has 0 aromatic rings. The van der Waals surface area contributed by atoms with Crippen LogP contribution in [0.2, 0.25) is 0 Å². The molecule has 1 heterocycles. The maximum atomic E-state index is 13.1. The maximum absolute atomic E-state index is 13.1.